The number of primary amides is 1. The Morgan fingerprint density at radius 3 is 2.09 bits per heavy atom. The summed E-state index contributed by atoms with van der Waals surface area (Å²) in [6.07, 6.45) is 2.22. The Kier molecular flexibility index (Phi) is 11.2. The number of nitrogens with two attached hydrogens (primary N) is 1. The van der Waals surface area contributed by atoms with Crippen LogP contribution < -0.4 is 25.6 Å². The summed E-state index contributed by atoms with van der Waals surface area (Å²) in [6, 6.07) is 16.0. The fourth-order valence-corrected chi connectivity index (χ4v) is 10.3. The number of carbonyl (C=O) groups excluding carboxylic acids is 4. The number of anilines is 2. The Morgan fingerprint density at radius 1 is 0.897 bits per heavy atom. The lowest BCUT2D eigenvalue weighted by Gasteiger charge is -2.66. The van der Waals surface area contributed by atoms with Gasteiger partial charge in [-0.05, 0) is 98.7 Å². The predicted molar refractivity (Wildman–Crippen MR) is 219 cm³/mol. The number of benzene rings is 2. The molecule has 14 heteroatoms. The molecule has 4 heterocycles. The highest BCUT2D eigenvalue weighted by Gasteiger charge is 2.67. The Bertz CT molecular complexity index is 2060. The Hall–Kier alpha value is -5.55. The molecule has 58 heavy (non-hydrogen) atoms. The van der Waals surface area contributed by atoms with Crippen LogP contribution in [0.4, 0.5) is 11.5 Å². The molecular formula is C44H55N9O5. The van der Waals surface area contributed by atoms with Crippen molar-refractivity contribution in [1.82, 2.24) is 25.3 Å². The Morgan fingerprint density at radius 2 is 1.53 bits per heavy atom. The van der Waals surface area contributed by atoms with Gasteiger partial charge in [-0.2, -0.15) is 5.26 Å². The zero-order valence-electron chi connectivity index (χ0n) is 34.5. The van der Waals surface area contributed by atoms with E-state index in [1.807, 2.05) is 56.3 Å². The predicted octanol–water partition coefficient (Wildman–Crippen LogP) is 4.23. The number of hydrogen-bond acceptors (Lipinski definition) is 11. The molecule has 3 aromatic rings. The van der Waals surface area contributed by atoms with Crippen LogP contribution in [0.5, 0.6) is 5.75 Å². The number of nitrogens with zero attached hydrogens (tertiary/aromatic N) is 7. The average Bonchev–Trinajstić information content (AvgIpc) is 3.19. The van der Waals surface area contributed by atoms with Crippen molar-refractivity contribution in [2.24, 2.45) is 22.5 Å². The van der Waals surface area contributed by atoms with Gasteiger partial charge in [0.1, 0.15) is 17.9 Å². The number of aromatic nitrogens is 2. The number of nitrogens with one attached hydrogen (secondary N) is 1. The number of imide groups is 1. The normalized spacial score (nSPS) is 23.4. The fraction of sp³-hybridized carbons (Fsp3) is 0.523. The SMILES string of the molecule is Cc1cc(OC2C(C)(C)C(N(C(=O)c3ccc(N4CCN(CC5CCN(c6ccc(C(N)=O)nn6)CC5)CC4)cc3)C3CCC(=O)NC3=O)C2(C)C)cc(C)c1C#N. The van der Waals surface area contributed by atoms with Gasteiger partial charge in [0.05, 0.1) is 17.7 Å². The summed E-state index contributed by atoms with van der Waals surface area (Å²) in [6.45, 7) is 18.5. The summed E-state index contributed by atoms with van der Waals surface area (Å²) in [7, 11) is 0. The van der Waals surface area contributed by atoms with Gasteiger partial charge >= 0.3 is 0 Å². The number of amides is 4. The number of nitriles is 1. The average molecular weight is 790 g/mol. The first-order valence-corrected chi connectivity index (χ1v) is 20.4. The van der Waals surface area contributed by atoms with Gasteiger partial charge in [0, 0.05) is 74.3 Å². The van der Waals surface area contributed by atoms with Crippen molar-refractivity contribution in [3.63, 3.8) is 0 Å². The summed E-state index contributed by atoms with van der Waals surface area (Å²) < 4.78 is 6.67. The highest BCUT2D eigenvalue weighted by molar-refractivity contribution is 6.04. The number of piperazine rings is 1. The minimum absolute atomic E-state index is 0.158. The van der Waals surface area contributed by atoms with E-state index in [1.54, 1.807) is 11.0 Å². The summed E-state index contributed by atoms with van der Waals surface area (Å²) in [5.74, 6) is 0.417. The first-order valence-electron chi connectivity index (χ1n) is 20.4. The van der Waals surface area contributed by atoms with E-state index in [4.69, 9.17) is 10.5 Å². The van der Waals surface area contributed by atoms with Gasteiger partial charge in [-0.3, -0.25) is 29.4 Å². The standard InChI is InChI=1S/C44H55N9O5/c1-27-23-32(24-28(2)33(27)25-45)58-42-43(3,4)41(44(42,5)6)53(35-12-14-37(54)47-39(35)56)40(57)30-7-9-31(10-8-30)51-21-19-50(20-22-51)26-29-15-17-52(18-16-29)36-13-11-34(38(46)55)48-49-36/h7-11,13,23-24,29,35,41-42H,12,14-22,26H2,1-6H3,(H2,46,55)(H,47,54,56). The van der Waals surface area contributed by atoms with Crippen LogP contribution >= 0.6 is 0 Å². The molecule has 1 aliphatic carbocycles. The first-order chi connectivity index (χ1) is 27.6. The highest BCUT2D eigenvalue weighted by atomic mass is 16.5. The van der Waals surface area contributed by atoms with Crippen molar-refractivity contribution in [2.75, 3.05) is 55.6 Å². The van der Waals surface area contributed by atoms with E-state index in [2.05, 4.69) is 64.0 Å². The Labute approximate surface area is 340 Å². The molecule has 3 aliphatic heterocycles. The third kappa shape index (κ3) is 7.84. The quantitative estimate of drug-likeness (QED) is 0.281. The van der Waals surface area contributed by atoms with E-state index in [0.29, 0.717) is 22.8 Å². The topological polar surface area (TPSA) is 178 Å². The van der Waals surface area contributed by atoms with E-state index in [0.717, 1.165) is 81.3 Å². The molecule has 3 saturated heterocycles. The molecule has 1 aromatic heterocycles. The van der Waals surface area contributed by atoms with Gasteiger partial charge in [0.15, 0.2) is 11.5 Å². The van der Waals surface area contributed by atoms with Crippen molar-refractivity contribution >= 4 is 35.1 Å². The van der Waals surface area contributed by atoms with Gasteiger partial charge in [-0.25, -0.2) is 0 Å². The lowest BCUT2D eigenvalue weighted by Crippen LogP contribution is -2.77. The maximum absolute atomic E-state index is 14.7. The zero-order valence-corrected chi connectivity index (χ0v) is 34.5. The fourth-order valence-electron chi connectivity index (χ4n) is 10.3. The zero-order chi connectivity index (χ0) is 41.5. The molecule has 306 valence electrons. The highest BCUT2D eigenvalue weighted by Crippen LogP contribution is 2.59. The minimum atomic E-state index is -0.808. The maximum Gasteiger partial charge on any atom is 0.269 e. The molecule has 0 radical (unpaired) electrons. The van der Waals surface area contributed by atoms with Crippen LogP contribution in [-0.4, -0.2) is 108 Å². The number of hydrogen-bond donors (Lipinski definition) is 2. The molecule has 4 fully saturated rings. The molecule has 14 nitrogen and oxygen atoms in total. The van der Waals surface area contributed by atoms with Gasteiger partial charge in [-0.1, -0.05) is 27.7 Å². The van der Waals surface area contributed by atoms with Gasteiger partial charge < -0.3 is 25.2 Å². The van der Waals surface area contributed by atoms with Gasteiger partial charge in [0.2, 0.25) is 11.8 Å². The van der Waals surface area contributed by atoms with Crippen LogP contribution in [0, 0.1) is 41.9 Å². The molecule has 3 N–H and O–H groups in total. The van der Waals surface area contributed by atoms with Crippen LogP contribution in [0.25, 0.3) is 0 Å². The second-order valence-corrected chi connectivity index (χ2v) is 17.7. The van der Waals surface area contributed by atoms with Crippen molar-refractivity contribution < 1.29 is 23.9 Å². The minimum Gasteiger partial charge on any atom is -0.489 e. The van der Waals surface area contributed by atoms with E-state index in [9.17, 15) is 24.4 Å². The molecule has 7 rings (SSSR count). The molecule has 0 spiro atoms. The van der Waals surface area contributed by atoms with Crippen molar-refractivity contribution in [2.45, 2.75) is 85.4 Å². The summed E-state index contributed by atoms with van der Waals surface area (Å²) in [4.78, 5) is 60.6. The lowest BCUT2D eigenvalue weighted by atomic mass is 9.48. The molecular weight excluding hydrogens is 735 g/mol. The molecule has 2 aromatic carbocycles. The second kappa shape index (κ2) is 16.0. The van der Waals surface area contributed by atoms with E-state index in [-0.39, 0.29) is 42.5 Å². The molecule has 0 bridgehead atoms. The van der Waals surface area contributed by atoms with Crippen LogP contribution in [0.1, 0.15) is 90.9 Å². The molecule has 4 amide bonds. The molecule has 1 unspecified atom stereocenters. The first kappa shape index (κ1) is 40.6. The third-order valence-electron chi connectivity index (χ3n) is 12.9. The van der Waals surface area contributed by atoms with Gasteiger partial charge in [0.25, 0.3) is 11.8 Å². The number of ether oxygens (including phenoxy) is 1. The summed E-state index contributed by atoms with van der Waals surface area (Å²) in [5.41, 5.74) is 8.19. The summed E-state index contributed by atoms with van der Waals surface area (Å²) in [5, 5.41) is 20.2. The maximum atomic E-state index is 14.7. The molecule has 1 saturated carbocycles. The van der Waals surface area contributed by atoms with Crippen LogP contribution in [-0.2, 0) is 9.59 Å². The van der Waals surface area contributed by atoms with Crippen molar-refractivity contribution in [3.05, 3.63) is 76.5 Å². The number of rotatable bonds is 10. The largest absolute Gasteiger partial charge is 0.489 e. The summed E-state index contributed by atoms with van der Waals surface area (Å²) >= 11 is 0. The number of carbonyl (C=O) groups is 4. The lowest BCUT2D eigenvalue weighted by molar-refractivity contribution is -0.206. The second-order valence-electron chi connectivity index (χ2n) is 17.7. The smallest absolute Gasteiger partial charge is 0.269 e. The number of piperidine rings is 2. The van der Waals surface area contributed by atoms with E-state index < -0.39 is 28.7 Å². The van der Waals surface area contributed by atoms with E-state index in [1.165, 1.54) is 0 Å². The third-order valence-corrected chi connectivity index (χ3v) is 12.9. The monoisotopic (exact) mass is 789 g/mol. The van der Waals surface area contributed by atoms with Crippen LogP contribution in [0.2, 0.25) is 0 Å². The molecule has 1 atom stereocenters. The number of aryl methyl sites for hydroxylation is 2. The van der Waals surface area contributed by atoms with E-state index >= 15 is 0 Å². The van der Waals surface area contributed by atoms with Crippen LogP contribution in [0.3, 0.4) is 0 Å². The van der Waals surface area contributed by atoms with Gasteiger partial charge in [-0.15, -0.1) is 10.2 Å². The Balaban J connectivity index is 0.994. The molecule has 4 aliphatic rings. The van der Waals surface area contributed by atoms with Crippen molar-refractivity contribution in [1.29, 1.82) is 5.26 Å². The van der Waals surface area contributed by atoms with Crippen molar-refractivity contribution in [3.8, 4) is 11.8 Å². The van der Waals surface area contributed by atoms with Crippen LogP contribution in [0.15, 0.2) is 48.5 Å².